The number of phenols is 1. The van der Waals surface area contributed by atoms with E-state index in [4.69, 9.17) is 4.74 Å². The number of likely N-dealkylation sites (tertiary alicyclic amines) is 1. The van der Waals surface area contributed by atoms with Gasteiger partial charge in [0.15, 0.2) is 11.5 Å². The van der Waals surface area contributed by atoms with E-state index in [0.29, 0.717) is 25.3 Å². The second-order valence-corrected chi connectivity index (χ2v) is 9.86. The Hall–Kier alpha value is -3.09. The molecule has 3 aromatic rings. The molecule has 1 aliphatic carbocycles. The number of aromatic hydroxyl groups is 1. The summed E-state index contributed by atoms with van der Waals surface area (Å²) in [5.74, 6) is 0.492. The lowest BCUT2D eigenvalue weighted by atomic mass is 9.66. The molecular formula is C29H34N2O4. The van der Waals surface area contributed by atoms with Gasteiger partial charge in [0.25, 0.3) is 0 Å². The zero-order valence-electron chi connectivity index (χ0n) is 20.2. The second-order valence-electron chi connectivity index (χ2n) is 9.86. The van der Waals surface area contributed by atoms with E-state index in [0.717, 1.165) is 47.7 Å². The lowest BCUT2D eigenvalue weighted by Crippen LogP contribution is -2.56. The molecule has 6 nitrogen and oxygen atoms in total. The van der Waals surface area contributed by atoms with Crippen LogP contribution in [0.15, 0.2) is 60.7 Å². The maximum atomic E-state index is 13.3. The molecule has 2 aliphatic rings. The van der Waals surface area contributed by atoms with Crippen molar-refractivity contribution in [2.75, 3.05) is 25.0 Å². The van der Waals surface area contributed by atoms with E-state index in [2.05, 4.69) is 10.2 Å². The van der Waals surface area contributed by atoms with E-state index in [1.54, 1.807) is 6.07 Å². The number of carbonyl (C=O) groups excluding carboxylic acids is 1. The summed E-state index contributed by atoms with van der Waals surface area (Å²) in [7, 11) is 0. The molecule has 0 bridgehead atoms. The Morgan fingerprint density at radius 3 is 2.80 bits per heavy atom. The normalized spacial score (nSPS) is 24.6. The molecule has 35 heavy (non-hydrogen) atoms. The number of hydrogen-bond donors (Lipinski definition) is 3. The van der Waals surface area contributed by atoms with Crippen LogP contribution in [0.25, 0.3) is 10.8 Å². The van der Waals surface area contributed by atoms with Crippen LogP contribution in [0.5, 0.6) is 11.5 Å². The van der Waals surface area contributed by atoms with Crippen molar-refractivity contribution in [1.29, 1.82) is 0 Å². The summed E-state index contributed by atoms with van der Waals surface area (Å²) in [5, 5.41) is 27.0. The SMILES string of the molecule is CCOc1cc([C@@H]2[C@H]3CCCC[C@]3(O)CCN2CC(=O)Nc2cccc3ccccc23)ccc1O. The highest BCUT2D eigenvalue weighted by Crippen LogP contribution is 2.50. The number of rotatable bonds is 6. The van der Waals surface area contributed by atoms with Crippen molar-refractivity contribution in [3.8, 4) is 11.5 Å². The average Bonchev–Trinajstić information content (AvgIpc) is 2.86. The summed E-state index contributed by atoms with van der Waals surface area (Å²) >= 11 is 0. The zero-order valence-corrected chi connectivity index (χ0v) is 20.2. The van der Waals surface area contributed by atoms with Gasteiger partial charge in [-0.3, -0.25) is 9.69 Å². The average molecular weight is 475 g/mol. The number of anilines is 1. The summed E-state index contributed by atoms with van der Waals surface area (Å²) < 4.78 is 5.66. The van der Waals surface area contributed by atoms with Gasteiger partial charge in [0, 0.05) is 29.6 Å². The molecule has 1 saturated heterocycles. The van der Waals surface area contributed by atoms with E-state index in [1.807, 2.05) is 61.5 Å². The van der Waals surface area contributed by atoms with Crippen molar-refractivity contribution in [1.82, 2.24) is 4.90 Å². The summed E-state index contributed by atoms with van der Waals surface area (Å²) in [4.78, 5) is 15.5. The molecule has 0 unspecified atom stereocenters. The molecule has 1 aliphatic heterocycles. The van der Waals surface area contributed by atoms with Crippen molar-refractivity contribution < 1.29 is 19.7 Å². The van der Waals surface area contributed by atoms with Crippen molar-refractivity contribution in [3.63, 3.8) is 0 Å². The van der Waals surface area contributed by atoms with Gasteiger partial charge in [-0.05, 0) is 55.3 Å². The van der Waals surface area contributed by atoms with Gasteiger partial charge in [-0.2, -0.15) is 0 Å². The van der Waals surface area contributed by atoms with Gasteiger partial charge in [0.2, 0.25) is 5.91 Å². The summed E-state index contributed by atoms with van der Waals surface area (Å²) in [6.07, 6.45) is 4.46. The fourth-order valence-corrected chi connectivity index (χ4v) is 6.06. The van der Waals surface area contributed by atoms with Crippen molar-refractivity contribution in [2.45, 2.75) is 50.7 Å². The van der Waals surface area contributed by atoms with Crippen LogP contribution in [0, 0.1) is 5.92 Å². The fraction of sp³-hybridized carbons (Fsp3) is 0.414. The van der Waals surface area contributed by atoms with Crippen LogP contribution in [-0.2, 0) is 4.79 Å². The van der Waals surface area contributed by atoms with E-state index >= 15 is 0 Å². The highest BCUT2D eigenvalue weighted by atomic mass is 16.5. The quantitative estimate of drug-likeness (QED) is 0.455. The molecule has 1 amide bonds. The number of hydrogen-bond acceptors (Lipinski definition) is 5. The summed E-state index contributed by atoms with van der Waals surface area (Å²) in [5.41, 5.74) is 1.04. The van der Waals surface area contributed by atoms with Crippen LogP contribution in [0.2, 0.25) is 0 Å². The van der Waals surface area contributed by atoms with E-state index < -0.39 is 5.60 Å². The molecule has 3 aromatic carbocycles. The largest absolute Gasteiger partial charge is 0.504 e. The Morgan fingerprint density at radius 2 is 1.94 bits per heavy atom. The van der Waals surface area contributed by atoms with Crippen LogP contribution < -0.4 is 10.1 Å². The van der Waals surface area contributed by atoms with Gasteiger partial charge in [0.05, 0.1) is 18.8 Å². The molecule has 1 saturated carbocycles. The number of aliphatic hydroxyl groups is 1. The molecule has 184 valence electrons. The van der Waals surface area contributed by atoms with Crippen LogP contribution in [0.1, 0.15) is 50.6 Å². The van der Waals surface area contributed by atoms with Crippen molar-refractivity contribution in [2.24, 2.45) is 5.92 Å². The molecule has 0 radical (unpaired) electrons. The molecule has 1 heterocycles. The maximum Gasteiger partial charge on any atom is 0.238 e. The zero-order chi connectivity index (χ0) is 24.4. The van der Waals surface area contributed by atoms with Crippen LogP contribution in [-0.4, -0.2) is 46.3 Å². The third-order valence-corrected chi connectivity index (χ3v) is 7.71. The van der Waals surface area contributed by atoms with Gasteiger partial charge >= 0.3 is 0 Å². The first-order chi connectivity index (χ1) is 17.0. The predicted molar refractivity (Wildman–Crippen MR) is 138 cm³/mol. The number of piperidine rings is 1. The molecule has 3 N–H and O–H groups in total. The van der Waals surface area contributed by atoms with E-state index in [1.165, 1.54) is 0 Å². The van der Waals surface area contributed by atoms with Gasteiger partial charge in [0.1, 0.15) is 0 Å². The molecule has 2 fully saturated rings. The Kier molecular flexibility index (Phi) is 6.67. The Bertz CT molecular complexity index is 1210. The Balaban J connectivity index is 1.43. The van der Waals surface area contributed by atoms with Gasteiger partial charge in [-0.15, -0.1) is 0 Å². The van der Waals surface area contributed by atoms with Crippen molar-refractivity contribution >= 4 is 22.4 Å². The third kappa shape index (κ3) is 4.73. The fourth-order valence-electron chi connectivity index (χ4n) is 6.06. The van der Waals surface area contributed by atoms with Crippen molar-refractivity contribution in [3.05, 3.63) is 66.2 Å². The first kappa shape index (κ1) is 23.6. The number of carbonyl (C=O) groups is 1. The molecule has 0 spiro atoms. The summed E-state index contributed by atoms with van der Waals surface area (Å²) in [6, 6.07) is 19.2. The highest BCUT2D eigenvalue weighted by molar-refractivity contribution is 6.02. The smallest absolute Gasteiger partial charge is 0.238 e. The number of phenolic OH excluding ortho intramolecular Hbond substituents is 1. The first-order valence-corrected chi connectivity index (χ1v) is 12.7. The minimum atomic E-state index is -0.727. The topological polar surface area (TPSA) is 82.0 Å². The number of ether oxygens (including phenoxy) is 1. The minimum Gasteiger partial charge on any atom is -0.504 e. The maximum absolute atomic E-state index is 13.3. The van der Waals surface area contributed by atoms with Crippen LogP contribution >= 0.6 is 0 Å². The minimum absolute atomic E-state index is 0.0226. The number of nitrogens with one attached hydrogen (secondary N) is 1. The van der Waals surface area contributed by atoms with E-state index in [9.17, 15) is 15.0 Å². The second kappa shape index (κ2) is 9.88. The Labute approximate surface area is 206 Å². The molecule has 3 atom stereocenters. The predicted octanol–water partition coefficient (Wildman–Crippen LogP) is 5.25. The molecule has 0 aromatic heterocycles. The number of fused-ring (bicyclic) bond motifs is 2. The lowest BCUT2D eigenvalue weighted by molar-refractivity contribution is -0.135. The van der Waals surface area contributed by atoms with Gasteiger partial charge in [-0.1, -0.05) is 55.3 Å². The first-order valence-electron chi connectivity index (χ1n) is 12.7. The third-order valence-electron chi connectivity index (χ3n) is 7.71. The van der Waals surface area contributed by atoms with Crippen LogP contribution in [0.3, 0.4) is 0 Å². The number of amides is 1. The highest BCUT2D eigenvalue weighted by Gasteiger charge is 2.49. The number of nitrogens with zero attached hydrogens (tertiary/aromatic N) is 1. The monoisotopic (exact) mass is 474 g/mol. The van der Waals surface area contributed by atoms with Gasteiger partial charge in [-0.25, -0.2) is 0 Å². The molecule has 5 rings (SSSR count). The van der Waals surface area contributed by atoms with E-state index in [-0.39, 0.29) is 30.2 Å². The summed E-state index contributed by atoms with van der Waals surface area (Å²) in [6.45, 7) is 3.19. The van der Waals surface area contributed by atoms with Gasteiger partial charge < -0.3 is 20.3 Å². The lowest BCUT2D eigenvalue weighted by Gasteiger charge is -2.52. The molecular weight excluding hydrogens is 440 g/mol. The standard InChI is InChI=1S/C29H34N2O4/c1-2-35-26-18-21(13-14-25(26)32)28-23-11-5-6-15-29(23,34)16-17-31(28)19-27(33)30-24-12-7-9-20-8-3-4-10-22(20)24/h3-4,7-10,12-14,18,23,28,32,34H,2,5-6,11,15-17,19H2,1H3,(H,30,33)/t23-,28-,29+/m1/s1. The van der Waals surface area contributed by atoms with Crippen LogP contribution in [0.4, 0.5) is 5.69 Å². The molecule has 6 heteroatoms. The number of benzene rings is 3. The Morgan fingerprint density at radius 1 is 1.11 bits per heavy atom.